The molecule has 0 saturated carbocycles. The third kappa shape index (κ3) is 4.89. The highest BCUT2D eigenvalue weighted by molar-refractivity contribution is 7.99. The topological polar surface area (TPSA) is 12.0 Å². The molecule has 0 aliphatic heterocycles. The summed E-state index contributed by atoms with van der Waals surface area (Å²) in [5, 5.41) is 4.11. The van der Waals surface area contributed by atoms with Crippen LogP contribution in [0.4, 0.5) is 4.39 Å². The first kappa shape index (κ1) is 16.6. The number of rotatable bonds is 6. The molecule has 1 unspecified atom stereocenters. The Morgan fingerprint density at radius 1 is 1.19 bits per heavy atom. The fourth-order valence-electron chi connectivity index (χ4n) is 1.97. The average molecular weight is 344 g/mol. The van der Waals surface area contributed by atoms with E-state index in [0.29, 0.717) is 12.0 Å². The molecule has 1 nitrogen and oxygen atoms in total. The monoisotopic (exact) mass is 343 g/mol. The zero-order valence-electron chi connectivity index (χ0n) is 11.6. The van der Waals surface area contributed by atoms with E-state index < -0.39 is 0 Å². The summed E-state index contributed by atoms with van der Waals surface area (Å²) in [6.45, 7) is 0. The Kier molecular flexibility index (Phi) is 6.37. The maximum Gasteiger partial charge on any atom is 0.145 e. The lowest BCUT2D eigenvalue weighted by Gasteiger charge is -2.16. The highest BCUT2D eigenvalue weighted by Crippen LogP contribution is 2.24. The minimum Gasteiger partial charge on any atom is -0.316 e. The van der Waals surface area contributed by atoms with Gasteiger partial charge in [-0.1, -0.05) is 41.4 Å². The quantitative estimate of drug-likeness (QED) is 0.736. The highest BCUT2D eigenvalue weighted by atomic mass is 35.5. The summed E-state index contributed by atoms with van der Waals surface area (Å²) >= 11 is 13.5. The minimum atomic E-state index is -0.327. The molecule has 2 rings (SSSR count). The lowest BCUT2D eigenvalue weighted by Crippen LogP contribution is -2.30. The van der Waals surface area contributed by atoms with E-state index in [2.05, 4.69) is 5.32 Å². The van der Waals surface area contributed by atoms with Crippen molar-refractivity contribution in [3.05, 3.63) is 63.9 Å². The third-order valence-corrected chi connectivity index (χ3v) is 4.84. The van der Waals surface area contributed by atoms with E-state index >= 15 is 0 Å². The zero-order chi connectivity index (χ0) is 15.2. The van der Waals surface area contributed by atoms with Crippen LogP contribution >= 0.6 is 35.0 Å². The summed E-state index contributed by atoms with van der Waals surface area (Å²) < 4.78 is 13.9. The van der Waals surface area contributed by atoms with Crippen molar-refractivity contribution in [3.63, 3.8) is 0 Å². The maximum atomic E-state index is 13.9. The molecule has 0 aliphatic carbocycles. The first-order chi connectivity index (χ1) is 10.1. The predicted molar refractivity (Wildman–Crippen MR) is 90.1 cm³/mol. The van der Waals surface area contributed by atoms with Gasteiger partial charge in [0.05, 0.1) is 5.02 Å². The van der Waals surface area contributed by atoms with Gasteiger partial charge < -0.3 is 5.32 Å². The van der Waals surface area contributed by atoms with Crippen molar-refractivity contribution < 1.29 is 4.39 Å². The number of benzene rings is 2. The van der Waals surface area contributed by atoms with Crippen LogP contribution in [0, 0.1) is 5.82 Å². The molecule has 2 aromatic carbocycles. The molecular weight excluding hydrogens is 328 g/mol. The van der Waals surface area contributed by atoms with Crippen LogP contribution in [0.3, 0.4) is 0 Å². The number of hydrogen-bond donors (Lipinski definition) is 1. The second-order valence-corrected chi connectivity index (χ2v) is 6.61. The smallest absolute Gasteiger partial charge is 0.145 e. The average Bonchev–Trinajstić information content (AvgIpc) is 2.48. The molecule has 0 fully saturated rings. The zero-order valence-corrected chi connectivity index (χ0v) is 13.9. The van der Waals surface area contributed by atoms with Crippen LogP contribution in [-0.2, 0) is 6.42 Å². The third-order valence-electron chi connectivity index (χ3n) is 3.15. The summed E-state index contributed by atoms with van der Waals surface area (Å²) in [6.07, 6.45) is 0.594. The van der Waals surface area contributed by atoms with Gasteiger partial charge in [-0.05, 0) is 43.3 Å². The van der Waals surface area contributed by atoms with Crippen LogP contribution in [0.25, 0.3) is 0 Å². The Morgan fingerprint density at radius 2 is 1.95 bits per heavy atom. The summed E-state index contributed by atoms with van der Waals surface area (Å²) in [4.78, 5) is 1.11. The van der Waals surface area contributed by atoms with Gasteiger partial charge in [0.1, 0.15) is 5.82 Å². The first-order valence-electron chi connectivity index (χ1n) is 6.58. The van der Waals surface area contributed by atoms with Gasteiger partial charge in [0.15, 0.2) is 0 Å². The number of thioether (sulfide) groups is 1. The van der Waals surface area contributed by atoms with Gasteiger partial charge >= 0.3 is 0 Å². The van der Waals surface area contributed by atoms with Crippen molar-refractivity contribution in [1.82, 2.24) is 5.32 Å². The van der Waals surface area contributed by atoms with E-state index in [1.165, 1.54) is 0 Å². The highest BCUT2D eigenvalue weighted by Gasteiger charge is 2.13. The molecule has 1 N–H and O–H groups in total. The summed E-state index contributed by atoms with van der Waals surface area (Å²) in [5.74, 6) is 0.496. The molecule has 0 saturated heterocycles. The van der Waals surface area contributed by atoms with Gasteiger partial charge in [-0.2, -0.15) is 0 Å². The Bertz CT molecular complexity index is 607. The lowest BCUT2D eigenvalue weighted by molar-refractivity contribution is 0.568. The molecule has 0 amide bonds. The Labute approximate surface area is 138 Å². The summed E-state index contributed by atoms with van der Waals surface area (Å²) in [5.41, 5.74) is 0.633. The minimum absolute atomic E-state index is 0.155. The lowest BCUT2D eigenvalue weighted by atomic mass is 10.1. The maximum absolute atomic E-state index is 13.9. The fourth-order valence-corrected chi connectivity index (χ4v) is 3.48. The molecule has 0 aliphatic rings. The molecule has 5 heteroatoms. The SMILES string of the molecule is CNC(CSc1cccc(Cl)c1)Cc1cccc(Cl)c1F. The molecule has 0 bridgehead atoms. The van der Waals surface area contributed by atoms with Gasteiger partial charge in [-0.15, -0.1) is 11.8 Å². The van der Waals surface area contributed by atoms with Crippen LogP contribution in [0.1, 0.15) is 5.56 Å². The van der Waals surface area contributed by atoms with Crippen LogP contribution in [0.5, 0.6) is 0 Å². The van der Waals surface area contributed by atoms with Crippen molar-refractivity contribution >= 4 is 35.0 Å². The van der Waals surface area contributed by atoms with Crippen molar-refractivity contribution in [2.45, 2.75) is 17.4 Å². The van der Waals surface area contributed by atoms with Gasteiger partial charge in [0, 0.05) is 21.7 Å². The molecule has 0 heterocycles. The van der Waals surface area contributed by atoms with E-state index in [0.717, 1.165) is 15.7 Å². The van der Waals surface area contributed by atoms with E-state index in [1.54, 1.807) is 30.0 Å². The Hall–Kier alpha value is -0.740. The Morgan fingerprint density at radius 3 is 2.67 bits per heavy atom. The second kappa shape index (κ2) is 8.04. The number of halogens is 3. The Balaban J connectivity index is 1.99. The standard InChI is InChI=1S/C16H16Cl2FNS/c1-20-13(8-11-4-2-7-15(18)16(11)19)10-21-14-6-3-5-12(17)9-14/h2-7,9,13,20H,8,10H2,1H3. The predicted octanol–water partition coefficient (Wildman–Crippen LogP) is 5.06. The number of hydrogen-bond acceptors (Lipinski definition) is 2. The summed E-state index contributed by atoms with van der Waals surface area (Å²) in [7, 11) is 1.88. The fraction of sp³-hybridized carbons (Fsp3) is 0.250. The largest absolute Gasteiger partial charge is 0.316 e. The number of likely N-dealkylation sites (N-methyl/N-ethyl adjacent to an activating group) is 1. The molecule has 0 spiro atoms. The molecule has 0 aromatic heterocycles. The van der Waals surface area contributed by atoms with Crippen molar-refractivity contribution in [2.24, 2.45) is 0 Å². The van der Waals surface area contributed by atoms with Gasteiger partial charge in [0.2, 0.25) is 0 Å². The van der Waals surface area contributed by atoms with Crippen LogP contribution in [-0.4, -0.2) is 18.8 Å². The normalized spacial score (nSPS) is 12.4. The van der Waals surface area contributed by atoms with Gasteiger partial charge in [-0.25, -0.2) is 4.39 Å². The van der Waals surface area contributed by atoms with Crippen LogP contribution < -0.4 is 5.32 Å². The van der Waals surface area contributed by atoms with Gasteiger partial charge in [-0.3, -0.25) is 0 Å². The molecular formula is C16H16Cl2FNS. The molecule has 2 aromatic rings. The number of nitrogens with one attached hydrogen (secondary N) is 1. The summed E-state index contributed by atoms with van der Waals surface area (Å²) in [6, 6.07) is 13.0. The van der Waals surface area contributed by atoms with E-state index in [9.17, 15) is 4.39 Å². The van der Waals surface area contributed by atoms with E-state index in [-0.39, 0.29) is 16.9 Å². The molecule has 21 heavy (non-hydrogen) atoms. The van der Waals surface area contributed by atoms with Crippen LogP contribution in [0.2, 0.25) is 10.0 Å². The van der Waals surface area contributed by atoms with Crippen molar-refractivity contribution in [2.75, 3.05) is 12.8 Å². The van der Waals surface area contributed by atoms with Crippen LogP contribution in [0.15, 0.2) is 47.4 Å². The second-order valence-electron chi connectivity index (χ2n) is 4.67. The van der Waals surface area contributed by atoms with Gasteiger partial charge in [0.25, 0.3) is 0 Å². The van der Waals surface area contributed by atoms with Crippen molar-refractivity contribution in [3.8, 4) is 0 Å². The molecule has 1 atom stereocenters. The first-order valence-corrected chi connectivity index (χ1v) is 8.33. The molecule has 112 valence electrons. The molecule has 0 radical (unpaired) electrons. The van der Waals surface area contributed by atoms with E-state index in [1.807, 2.05) is 31.3 Å². The van der Waals surface area contributed by atoms with E-state index in [4.69, 9.17) is 23.2 Å². The van der Waals surface area contributed by atoms with Crippen molar-refractivity contribution in [1.29, 1.82) is 0 Å².